The third kappa shape index (κ3) is 2.03. The fourth-order valence-electron chi connectivity index (χ4n) is 1.94. The summed E-state index contributed by atoms with van der Waals surface area (Å²) in [4.78, 5) is 25.2. The molecule has 0 saturated carbocycles. The topological polar surface area (TPSA) is 49.4 Å². The zero-order valence-electron chi connectivity index (χ0n) is 9.38. The molecule has 0 unspecified atom stereocenters. The van der Waals surface area contributed by atoms with E-state index in [1.807, 2.05) is 13.8 Å². The second-order valence-electron chi connectivity index (χ2n) is 3.81. The Bertz CT molecular complexity index is 282. The van der Waals surface area contributed by atoms with Gasteiger partial charge in [0.1, 0.15) is 5.54 Å². The van der Waals surface area contributed by atoms with E-state index in [0.29, 0.717) is 19.4 Å². The van der Waals surface area contributed by atoms with Crippen molar-refractivity contribution >= 4 is 11.8 Å². The third-order valence-corrected chi connectivity index (χ3v) is 2.97. The average molecular weight is 210 g/mol. The maximum Gasteiger partial charge on any atom is 0.249 e. The van der Waals surface area contributed by atoms with E-state index in [-0.39, 0.29) is 18.4 Å². The number of rotatable bonds is 4. The molecule has 1 aliphatic heterocycles. The number of amides is 2. The molecule has 1 saturated heterocycles. The molecule has 0 aromatic heterocycles. The van der Waals surface area contributed by atoms with Gasteiger partial charge in [-0.05, 0) is 12.8 Å². The van der Waals surface area contributed by atoms with Gasteiger partial charge in [0.25, 0.3) is 0 Å². The Kier molecular flexibility index (Phi) is 3.50. The Morgan fingerprint density at radius 1 is 1.47 bits per heavy atom. The van der Waals surface area contributed by atoms with E-state index in [4.69, 9.17) is 0 Å². The largest absolute Gasteiger partial charge is 0.340 e. The lowest BCUT2D eigenvalue weighted by Gasteiger charge is -2.40. The Balaban J connectivity index is 2.93. The van der Waals surface area contributed by atoms with E-state index < -0.39 is 5.54 Å². The Morgan fingerprint density at radius 2 is 2.07 bits per heavy atom. The predicted molar refractivity (Wildman–Crippen MR) is 58.2 cm³/mol. The molecule has 1 N–H and O–H groups in total. The summed E-state index contributed by atoms with van der Waals surface area (Å²) in [7, 11) is 0. The van der Waals surface area contributed by atoms with Gasteiger partial charge in [-0.1, -0.05) is 19.9 Å². The maximum absolute atomic E-state index is 12.1. The van der Waals surface area contributed by atoms with Crippen molar-refractivity contribution < 1.29 is 9.59 Å². The zero-order valence-corrected chi connectivity index (χ0v) is 9.38. The molecule has 0 aromatic rings. The van der Waals surface area contributed by atoms with Gasteiger partial charge < -0.3 is 10.2 Å². The number of piperazine rings is 1. The number of hydrogen-bond acceptors (Lipinski definition) is 2. The minimum absolute atomic E-state index is 0.00648. The highest BCUT2D eigenvalue weighted by Crippen LogP contribution is 2.21. The molecular formula is C11H18N2O2. The van der Waals surface area contributed by atoms with Crippen LogP contribution >= 0.6 is 0 Å². The molecule has 15 heavy (non-hydrogen) atoms. The summed E-state index contributed by atoms with van der Waals surface area (Å²) in [5, 5.41) is 2.80. The highest BCUT2D eigenvalue weighted by Gasteiger charge is 2.43. The summed E-state index contributed by atoms with van der Waals surface area (Å²) in [5.74, 6) is -0.0767. The fourth-order valence-corrected chi connectivity index (χ4v) is 1.94. The molecule has 0 atom stereocenters. The lowest BCUT2D eigenvalue weighted by atomic mass is 9.89. The molecule has 1 heterocycles. The first-order chi connectivity index (χ1) is 7.09. The SMILES string of the molecule is C=CCN1CC(=O)NC(CC)(CC)C1=O. The second-order valence-corrected chi connectivity index (χ2v) is 3.81. The van der Waals surface area contributed by atoms with Gasteiger partial charge in [0.2, 0.25) is 11.8 Å². The van der Waals surface area contributed by atoms with Gasteiger partial charge >= 0.3 is 0 Å². The van der Waals surface area contributed by atoms with Crippen molar-refractivity contribution in [2.75, 3.05) is 13.1 Å². The van der Waals surface area contributed by atoms with E-state index in [1.54, 1.807) is 11.0 Å². The molecule has 0 aliphatic carbocycles. The van der Waals surface area contributed by atoms with Gasteiger partial charge in [-0.15, -0.1) is 6.58 Å². The summed E-state index contributed by atoms with van der Waals surface area (Å²) < 4.78 is 0. The van der Waals surface area contributed by atoms with Crippen LogP contribution < -0.4 is 5.32 Å². The molecule has 1 aliphatic rings. The summed E-state index contributed by atoms with van der Waals surface area (Å²) in [5.41, 5.74) is -0.696. The number of hydrogen-bond donors (Lipinski definition) is 1. The first-order valence-corrected chi connectivity index (χ1v) is 5.31. The highest BCUT2D eigenvalue weighted by atomic mass is 16.2. The summed E-state index contributed by atoms with van der Waals surface area (Å²) in [6.07, 6.45) is 2.90. The van der Waals surface area contributed by atoms with Crippen LogP contribution in [0.4, 0.5) is 0 Å². The van der Waals surface area contributed by atoms with Crippen LogP contribution in [0.25, 0.3) is 0 Å². The Morgan fingerprint density at radius 3 is 2.53 bits per heavy atom. The summed E-state index contributed by atoms with van der Waals surface area (Å²) >= 11 is 0. The molecule has 4 nitrogen and oxygen atoms in total. The normalized spacial score (nSPS) is 20.0. The van der Waals surface area contributed by atoms with E-state index >= 15 is 0 Å². The van der Waals surface area contributed by atoms with E-state index in [1.165, 1.54) is 0 Å². The monoisotopic (exact) mass is 210 g/mol. The number of carbonyl (C=O) groups excluding carboxylic acids is 2. The molecule has 84 valence electrons. The van der Waals surface area contributed by atoms with Crippen molar-refractivity contribution in [3.63, 3.8) is 0 Å². The van der Waals surface area contributed by atoms with Crippen LogP contribution in [0.2, 0.25) is 0 Å². The van der Waals surface area contributed by atoms with Crippen LogP contribution in [0.5, 0.6) is 0 Å². The minimum atomic E-state index is -0.696. The molecule has 4 heteroatoms. The van der Waals surface area contributed by atoms with Gasteiger partial charge in [-0.25, -0.2) is 0 Å². The molecular weight excluding hydrogens is 192 g/mol. The van der Waals surface area contributed by atoms with Gasteiger partial charge in [0.15, 0.2) is 0 Å². The van der Waals surface area contributed by atoms with Crippen molar-refractivity contribution in [3.8, 4) is 0 Å². The predicted octanol–water partition coefficient (Wildman–Crippen LogP) is 0.690. The molecule has 0 radical (unpaired) electrons. The van der Waals surface area contributed by atoms with E-state index in [9.17, 15) is 9.59 Å². The van der Waals surface area contributed by atoms with Crippen LogP contribution in [-0.4, -0.2) is 35.3 Å². The van der Waals surface area contributed by atoms with Gasteiger partial charge in [-0.2, -0.15) is 0 Å². The molecule has 0 spiro atoms. The van der Waals surface area contributed by atoms with Crippen LogP contribution in [0.3, 0.4) is 0 Å². The number of carbonyl (C=O) groups is 2. The van der Waals surface area contributed by atoms with Crippen LogP contribution in [0.1, 0.15) is 26.7 Å². The lowest BCUT2D eigenvalue weighted by Crippen LogP contribution is -2.66. The van der Waals surface area contributed by atoms with Crippen molar-refractivity contribution in [2.45, 2.75) is 32.2 Å². The Hall–Kier alpha value is -1.32. The van der Waals surface area contributed by atoms with Crippen molar-refractivity contribution in [2.24, 2.45) is 0 Å². The first kappa shape index (κ1) is 11.8. The van der Waals surface area contributed by atoms with Crippen molar-refractivity contribution in [1.29, 1.82) is 0 Å². The quantitative estimate of drug-likeness (QED) is 0.694. The third-order valence-electron chi connectivity index (χ3n) is 2.97. The van der Waals surface area contributed by atoms with Gasteiger partial charge in [-0.3, -0.25) is 9.59 Å². The zero-order chi connectivity index (χ0) is 11.5. The second kappa shape index (κ2) is 4.47. The first-order valence-electron chi connectivity index (χ1n) is 5.31. The molecule has 2 amide bonds. The lowest BCUT2D eigenvalue weighted by molar-refractivity contribution is -0.149. The van der Waals surface area contributed by atoms with E-state index in [0.717, 1.165) is 0 Å². The van der Waals surface area contributed by atoms with Crippen LogP contribution in [0.15, 0.2) is 12.7 Å². The highest BCUT2D eigenvalue weighted by molar-refractivity contribution is 5.98. The van der Waals surface area contributed by atoms with Crippen molar-refractivity contribution in [1.82, 2.24) is 10.2 Å². The van der Waals surface area contributed by atoms with E-state index in [2.05, 4.69) is 11.9 Å². The standard InChI is InChI=1S/C11H18N2O2/c1-4-7-13-8-9(14)12-11(5-2,6-3)10(13)15/h4H,1,5-8H2,2-3H3,(H,12,14). The molecule has 0 bridgehead atoms. The summed E-state index contributed by atoms with van der Waals surface area (Å²) in [6, 6.07) is 0. The summed E-state index contributed by atoms with van der Waals surface area (Å²) in [6.45, 7) is 8.00. The molecule has 0 aromatic carbocycles. The molecule has 1 fully saturated rings. The minimum Gasteiger partial charge on any atom is -0.340 e. The molecule has 1 rings (SSSR count). The number of nitrogens with one attached hydrogen (secondary N) is 1. The van der Waals surface area contributed by atoms with Crippen LogP contribution in [0, 0.1) is 0 Å². The maximum atomic E-state index is 12.1. The fraction of sp³-hybridized carbons (Fsp3) is 0.636. The van der Waals surface area contributed by atoms with Gasteiger partial charge in [0, 0.05) is 6.54 Å². The smallest absolute Gasteiger partial charge is 0.249 e. The van der Waals surface area contributed by atoms with Crippen LogP contribution in [-0.2, 0) is 9.59 Å². The number of nitrogens with zero attached hydrogens (tertiary/aromatic N) is 1. The average Bonchev–Trinajstić information content (AvgIpc) is 2.23. The van der Waals surface area contributed by atoms with Gasteiger partial charge in [0.05, 0.1) is 6.54 Å². The van der Waals surface area contributed by atoms with Crippen molar-refractivity contribution in [3.05, 3.63) is 12.7 Å². The Labute approximate surface area is 90.3 Å².